The molecule has 61 heavy (non-hydrogen) atoms. The van der Waals surface area contributed by atoms with Crippen molar-refractivity contribution in [1.82, 2.24) is 0 Å². The monoisotopic (exact) mass is 883 g/mol. The van der Waals surface area contributed by atoms with Crippen molar-refractivity contribution in [1.29, 1.82) is 0 Å². The van der Waals surface area contributed by atoms with Crippen molar-refractivity contribution >= 4 is 19.8 Å². The molecule has 0 aromatic carbocycles. The van der Waals surface area contributed by atoms with Crippen LogP contribution in [-0.2, 0) is 32.7 Å². The van der Waals surface area contributed by atoms with E-state index >= 15 is 0 Å². The van der Waals surface area contributed by atoms with Crippen LogP contribution >= 0.6 is 7.82 Å². The lowest BCUT2D eigenvalue weighted by atomic mass is 10.0. The zero-order valence-electron chi connectivity index (χ0n) is 40.4. The second kappa shape index (κ2) is 43.5. The van der Waals surface area contributed by atoms with Gasteiger partial charge in [0, 0.05) is 12.8 Å². The quantitative estimate of drug-likeness (QED) is 0.0212. The van der Waals surface area contributed by atoms with Gasteiger partial charge >= 0.3 is 19.8 Å². The Hall–Kier alpha value is -1.77. The third kappa shape index (κ3) is 47.5. The Morgan fingerprint density at radius 2 is 0.902 bits per heavy atom. The Morgan fingerprint density at radius 3 is 1.36 bits per heavy atom. The number of esters is 2. The van der Waals surface area contributed by atoms with Gasteiger partial charge in [-0.2, -0.15) is 0 Å². The van der Waals surface area contributed by atoms with Crippen molar-refractivity contribution in [3.05, 3.63) is 36.5 Å². The fourth-order valence-corrected chi connectivity index (χ4v) is 7.71. The number of unbranched alkanes of at least 4 members (excludes halogenated alkanes) is 26. The number of carbonyl (C=O) groups is 2. The van der Waals surface area contributed by atoms with Crippen LogP contribution in [0.4, 0.5) is 0 Å². The number of phosphoric acid groups is 1. The molecule has 0 saturated heterocycles. The highest BCUT2D eigenvalue weighted by atomic mass is 31.2. The Bertz CT molecular complexity index is 1130. The molecule has 0 aromatic rings. The summed E-state index contributed by atoms with van der Waals surface area (Å²) in [6, 6.07) is 0. The van der Waals surface area contributed by atoms with Crippen LogP contribution in [0.1, 0.15) is 226 Å². The van der Waals surface area contributed by atoms with Gasteiger partial charge in [0.25, 0.3) is 0 Å². The van der Waals surface area contributed by atoms with Gasteiger partial charge in [-0.25, -0.2) is 4.57 Å². The van der Waals surface area contributed by atoms with Crippen molar-refractivity contribution < 1.29 is 42.1 Å². The second-order valence-electron chi connectivity index (χ2n) is 18.2. The molecular formula is C51H97NO8P+. The summed E-state index contributed by atoms with van der Waals surface area (Å²) in [7, 11) is 1.45. The molecule has 0 aliphatic heterocycles. The van der Waals surface area contributed by atoms with E-state index in [2.05, 4.69) is 50.3 Å². The highest BCUT2D eigenvalue weighted by Gasteiger charge is 2.27. The lowest BCUT2D eigenvalue weighted by molar-refractivity contribution is -0.870. The summed E-state index contributed by atoms with van der Waals surface area (Å²) in [4.78, 5) is 35.5. The van der Waals surface area contributed by atoms with Crippen LogP contribution < -0.4 is 0 Å². The van der Waals surface area contributed by atoms with E-state index in [0.717, 1.165) is 44.9 Å². The number of phosphoric ester groups is 1. The van der Waals surface area contributed by atoms with Crippen molar-refractivity contribution in [3.63, 3.8) is 0 Å². The van der Waals surface area contributed by atoms with Crippen molar-refractivity contribution in [2.24, 2.45) is 0 Å². The van der Waals surface area contributed by atoms with Gasteiger partial charge in [0.1, 0.15) is 19.8 Å². The number of ether oxygens (including phenoxy) is 2. The van der Waals surface area contributed by atoms with Gasteiger partial charge < -0.3 is 18.9 Å². The summed E-state index contributed by atoms with van der Waals surface area (Å²) in [5.74, 6) is -0.850. The molecule has 9 nitrogen and oxygen atoms in total. The summed E-state index contributed by atoms with van der Waals surface area (Å²) < 4.78 is 34.4. The van der Waals surface area contributed by atoms with Gasteiger partial charge in [0.2, 0.25) is 0 Å². The predicted octanol–water partition coefficient (Wildman–Crippen LogP) is 14.9. The minimum absolute atomic E-state index is 0.0237. The fourth-order valence-electron chi connectivity index (χ4n) is 6.97. The minimum atomic E-state index is -4.39. The van der Waals surface area contributed by atoms with Crippen LogP contribution in [0.25, 0.3) is 0 Å². The average molecular weight is 883 g/mol. The largest absolute Gasteiger partial charge is 0.472 e. The molecule has 2 atom stereocenters. The van der Waals surface area contributed by atoms with Crippen molar-refractivity contribution in [2.45, 2.75) is 232 Å². The maximum atomic E-state index is 12.7. The fraction of sp³-hybridized carbons (Fsp3) is 0.843. The van der Waals surface area contributed by atoms with E-state index < -0.39 is 26.5 Å². The smallest absolute Gasteiger partial charge is 0.462 e. The molecule has 0 amide bonds. The van der Waals surface area contributed by atoms with E-state index in [4.69, 9.17) is 18.5 Å². The van der Waals surface area contributed by atoms with Gasteiger partial charge in [-0.1, -0.05) is 204 Å². The maximum Gasteiger partial charge on any atom is 0.472 e. The Balaban J connectivity index is 4.31. The number of allylic oxidation sites excluding steroid dienone is 6. The molecule has 10 heteroatoms. The van der Waals surface area contributed by atoms with Crippen LogP contribution in [0.15, 0.2) is 36.5 Å². The summed E-state index contributed by atoms with van der Waals surface area (Å²) in [6.07, 6.45) is 50.6. The molecule has 0 heterocycles. The summed E-state index contributed by atoms with van der Waals surface area (Å²) >= 11 is 0. The number of likely N-dealkylation sites (N-methyl/N-ethyl adjacent to an activating group) is 1. The second-order valence-corrected chi connectivity index (χ2v) is 19.7. The van der Waals surface area contributed by atoms with Gasteiger partial charge in [-0.3, -0.25) is 18.6 Å². The van der Waals surface area contributed by atoms with Crippen LogP contribution in [0.5, 0.6) is 0 Å². The Morgan fingerprint density at radius 1 is 0.508 bits per heavy atom. The highest BCUT2D eigenvalue weighted by molar-refractivity contribution is 7.47. The van der Waals surface area contributed by atoms with E-state index in [1.807, 2.05) is 21.1 Å². The molecule has 358 valence electrons. The molecule has 0 aliphatic rings. The topological polar surface area (TPSA) is 108 Å². The van der Waals surface area contributed by atoms with Crippen molar-refractivity contribution in [3.8, 4) is 0 Å². The summed E-state index contributed by atoms with van der Waals surface area (Å²) in [5.41, 5.74) is 0. The SMILES string of the molecule is CCCCCCCC/C=C/C/C=C/C/C=C/CCCC(=O)O[C@H](COC(=O)CCCCCCCCCCCCCCCCCCCCCC)COP(=O)(O)OCC[N+](C)(C)C. The first-order valence-corrected chi connectivity index (χ1v) is 26.7. The number of quaternary nitrogens is 1. The normalized spacial score (nSPS) is 13.7. The first-order valence-electron chi connectivity index (χ1n) is 25.2. The van der Waals surface area contributed by atoms with E-state index in [-0.39, 0.29) is 32.0 Å². The number of carbonyl (C=O) groups excluding carboxylic acids is 2. The van der Waals surface area contributed by atoms with Crippen LogP contribution in [0.2, 0.25) is 0 Å². The molecule has 0 fully saturated rings. The first-order chi connectivity index (χ1) is 29.5. The minimum Gasteiger partial charge on any atom is -0.462 e. The van der Waals surface area contributed by atoms with Gasteiger partial charge in [0.05, 0.1) is 27.7 Å². The van der Waals surface area contributed by atoms with Crippen LogP contribution in [-0.4, -0.2) is 74.9 Å². The summed E-state index contributed by atoms with van der Waals surface area (Å²) in [6.45, 7) is 4.39. The van der Waals surface area contributed by atoms with E-state index in [9.17, 15) is 19.0 Å². The van der Waals surface area contributed by atoms with Crippen LogP contribution in [0, 0.1) is 0 Å². The zero-order chi connectivity index (χ0) is 45.0. The molecule has 0 spiro atoms. The predicted molar refractivity (Wildman–Crippen MR) is 257 cm³/mol. The molecule has 0 bridgehead atoms. The van der Waals surface area contributed by atoms with E-state index in [0.29, 0.717) is 17.4 Å². The number of nitrogens with zero attached hydrogens (tertiary/aromatic N) is 1. The number of hydrogen-bond acceptors (Lipinski definition) is 7. The molecule has 1 N–H and O–H groups in total. The molecule has 0 saturated carbocycles. The number of hydrogen-bond donors (Lipinski definition) is 1. The van der Waals surface area contributed by atoms with Crippen molar-refractivity contribution in [2.75, 3.05) is 47.5 Å². The average Bonchev–Trinajstić information content (AvgIpc) is 3.21. The Kier molecular flexibility index (Phi) is 42.2. The zero-order valence-corrected chi connectivity index (χ0v) is 41.3. The van der Waals surface area contributed by atoms with Gasteiger partial charge in [-0.05, 0) is 44.9 Å². The Labute approximate surface area is 376 Å². The number of rotatable bonds is 46. The third-order valence-electron chi connectivity index (χ3n) is 10.9. The third-order valence-corrected chi connectivity index (χ3v) is 11.9. The first kappa shape index (κ1) is 59.2. The van der Waals surface area contributed by atoms with Gasteiger partial charge in [0.15, 0.2) is 6.10 Å². The molecular weight excluding hydrogens is 786 g/mol. The van der Waals surface area contributed by atoms with E-state index in [1.165, 1.54) is 148 Å². The lowest BCUT2D eigenvalue weighted by Crippen LogP contribution is -2.37. The molecule has 0 radical (unpaired) electrons. The van der Waals surface area contributed by atoms with Gasteiger partial charge in [-0.15, -0.1) is 0 Å². The lowest BCUT2D eigenvalue weighted by Gasteiger charge is -2.24. The van der Waals surface area contributed by atoms with E-state index in [1.54, 1.807) is 0 Å². The molecule has 1 unspecified atom stereocenters. The van der Waals surface area contributed by atoms with Crippen LogP contribution in [0.3, 0.4) is 0 Å². The molecule has 0 rings (SSSR count). The standard InChI is InChI=1S/C51H96NO8P/c1-6-8-10-12-14-16-18-20-22-24-25-26-28-29-31-33-35-37-39-41-43-50(53)57-47-49(48-59-61(55,56)58-46-45-52(3,4)5)60-51(54)44-42-40-38-36-34-32-30-27-23-21-19-17-15-13-11-9-7-2/h21,23,30,32,36,38,49H,6-20,22,24-29,31,33-35,37,39-48H2,1-5H3/p+1/b23-21+,32-30+,38-36+/t49-/m1/s1. The summed E-state index contributed by atoms with van der Waals surface area (Å²) in [5, 5.41) is 0. The molecule has 0 aliphatic carbocycles. The highest BCUT2D eigenvalue weighted by Crippen LogP contribution is 2.43. The maximum absolute atomic E-state index is 12.7. The molecule has 0 aromatic heterocycles.